The van der Waals surface area contributed by atoms with Crippen LogP contribution < -0.4 is 16.6 Å². The Morgan fingerprint density at radius 3 is 1.96 bits per heavy atom. The largest absolute Gasteiger partial charge is 0.479 e. The van der Waals surface area contributed by atoms with Gasteiger partial charge in [-0.1, -0.05) is 48.5 Å². The lowest BCUT2D eigenvalue weighted by atomic mass is 10.1. The molecule has 1 saturated heterocycles. The second-order valence-corrected chi connectivity index (χ2v) is 14.4. The Bertz CT molecular complexity index is 1970. The van der Waals surface area contributed by atoms with Crippen LogP contribution in [-0.2, 0) is 32.2 Å². The molecule has 1 aliphatic heterocycles. The summed E-state index contributed by atoms with van der Waals surface area (Å²) in [6.07, 6.45) is -5.25. The minimum Gasteiger partial charge on any atom is -0.452 e. The van der Waals surface area contributed by atoms with E-state index in [0.29, 0.717) is 0 Å². The summed E-state index contributed by atoms with van der Waals surface area (Å²) in [7, 11) is -10.2. The maximum absolute atomic E-state index is 13.2. The first-order valence-electron chi connectivity index (χ1n) is 13.6. The molecular formula is C29H25IN2O13P2. The number of esters is 2. The molecule has 4 aromatic rings. The van der Waals surface area contributed by atoms with Gasteiger partial charge in [0.2, 0.25) is 0 Å². The molecule has 0 aliphatic carbocycles. The fourth-order valence-corrected chi connectivity index (χ4v) is 8.46. The van der Waals surface area contributed by atoms with Gasteiger partial charge in [0, 0.05) is 15.8 Å². The Hall–Kier alpha value is -3.73. The molecule has 15 nitrogen and oxygen atoms in total. The molecule has 0 radical (unpaired) electrons. The summed E-state index contributed by atoms with van der Waals surface area (Å²) in [5.74, 6) is -1.82. The molecular weight excluding hydrogens is 773 g/mol. The number of phosphoric acid groups is 1. The molecule has 246 valence electrons. The fraction of sp³-hybridized carbons (Fsp3) is 0.172. The molecule has 1 aliphatic rings. The van der Waals surface area contributed by atoms with Crippen LogP contribution in [0.25, 0.3) is 0 Å². The highest BCUT2D eigenvalue weighted by Crippen LogP contribution is 2.59. The smallest absolute Gasteiger partial charge is 0.452 e. The summed E-state index contributed by atoms with van der Waals surface area (Å²) in [4.78, 5) is 74.0. The molecule has 3 unspecified atom stereocenters. The lowest BCUT2D eigenvalue weighted by Gasteiger charge is -2.25. The van der Waals surface area contributed by atoms with Gasteiger partial charge in [-0.3, -0.25) is 23.4 Å². The minimum absolute atomic E-state index is 0.0832. The molecule has 0 saturated carbocycles. The number of ether oxygens (including phenoxy) is 3. The van der Waals surface area contributed by atoms with Gasteiger partial charge in [0.05, 0.1) is 23.0 Å². The summed E-state index contributed by atoms with van der Waals surface area (Å²) in [5, 5.41) is -0.254. The van der Waals surface area contributed by atoms with Gasteiger partial charge >= 0.3 is 33.0 Å². The van der Waals surface area contributed by atoms with E-state index in [1.165, 1.54) is 42.5 Å². The average Bonchev–Trinajstić information content (AvgIpc) is 3.36. The number of carbonyl (C=O) groups is 2. The summed E-state index contributed by atoms with van der Waals surface area (Å²) < 4.78 is 54.1. The van der Waals surface area contributed by atoms with Crippen molar-refractivity contribution < 1.29 is 51.6 Å². The van der Waals surface area contributed by atoms with Crippen LogP contribution in [0.3, 0.4) is 0 Å². The molecule has 0 spiro atoms. The Labute approximate surface area is 279 Å². The van der Waals surface area contributed by atoms with Crippen molar-refractivity contribution in [3.63, 3.8) is 0 Å². The number of H-pyrrole nitrogens is 1. The first-order chi connectivity index (χ1) is 22.3. The lowest BCUT2D eigenvalue weighted by Crippen LogP contribution is -2.42. The molecule has 2 heterocycles. The zero-order valence-corrected chi connectivity index (χ0v) is 27.8. The number of hydrogen-bond donors (Lipinski definition) is 3. The van der Waals surface area contributed by atoms with Crippen LogP contribution in [0.15, 0.2) is 107 Å². The zero-order valence-electron chi connectivity index (χ0n) is 23.9. The van der Waals surface area contributed by atoms with Crippen LogP contribution in [0.1, 0.15) is 26.9 Å². The monoisotopic (exact) mass is 798 g/mol. The predicted molar refractivity (Wildman–Crippen MR) is 172 cm³/mol. The van der Waals surface area contributed by atoms with Crippen molar-refractivity contribution in [1.29, 1.82) is 0 Å². The first kappa shape index (κ1) is 34.6. The van der Waals surface area contributed by atoms with E-state index >= 15 is 0 Å². The van der Waals surface area contributed by atoms with E-state index in [0.717, 1.165) is 16.8 Å². The zero-order chi connectivity index (χ0) is 33.8. The van der Waals surface area contributed by atoms with E-state index in [2.05, 4.69) is 4.31 Å². The van der Waals surface area contributed by atoms with Gasteiger partial charge in [-0.15, -0.1) is 0 Å². The topological polar surface area (TPSA) is 210 Å². The molecule has 6 atom stereocenters. The Morgan fingerprint density at radius 2 is 1.38 bits per heavy atom. The van der Waals surface area contributed by atoms with Crippen molar-refractivity contribution in [1.82, 2.24) is 9.55 Å². The number of nitrogens with zero attached hydrogens (tertiary/aromatic N) is 1. The van der Waals surface area contributed by atoms with Gasteiger partial charge in [0.15, 0.2) is 18.4 Å². The van der Waals surface area contributed by atoms with Crippen LogP contribution in [-0.4, -0.2) is 56.2 Å². The third-order valence-electron chi connectivity index (χ3n) is 6.69. The van der Waals surface area contributed by atoms with E-state index < -0.39 is 69.8 Å². The third kappa shape index (κ3) is 8.41. The van der Waals surface area contributed by atoms with Crippen molar-refractivity contribution in [2.45, 2.75) is 24.5 Å². The third-order valence-corrected chi connectivity index (χ3v) is 11.2. The molecule has 3 aromatic carbocycles. The number of nitrogens with one attached hydrogen (secondary N) is 1. The highest BCUT2D eigenvalue weighted by Gasteiger charge is 2.52. The van der Waals surface area contributed by atoms with Gasteiger partial charge < -0.3 is 24.0 Å². The Balaban J connectivity index is 1.48. The fourth-order valence-electron chi connectivity index (χ4n) is 4.55. The van der Waals surface area contributed by atoms with Crippen LogP contribution in [0.2, 0.25) is 0 Å². The first-order valence-corrected chi connectivity index (χ1v) is 17.8. The highest BCUT2D eigenvalue weighted by atomic mass is 127. The molecule has 47 heavy (non-hydrogen) atoms. The van der Waals surface area contributed by atoms with Crippen LogP contribution in [0.4, 0.5) is 0 Å². The molecule has 0 bridgehead atoms. The molecule has 18 heteroatoms. The number of aromatic amines is 1. The van der Waals surface area contributed by atoms with Crippen LogP contribution in [0, 0.1) is 3.57 Å². The van der Waals surface area contributed by atoms with Gasteiger partial charge in [-0.05, 0) is 59.0 Å². The molecule has 1 aromatic heterocycles. The highest BCUT2D eigenvalue weighted by molar-refractivity contribution is 14.1. The second-order valence-electron chi connectivity index (χ2n) is 9.87. The van der Waals surface area contributed by atoms with Gasteiger partial charge in [0.25, 0.3) is 5.56 Å². The summed E-state index contributed by atoms with van der Waals surface area (Å²) >= 11 is 1.75. The molecule has 5 rings (SSSR count). The summed E-state index contributed by atoms with van der Waals surface area (Å²) in [5.41, 5.74) is -1.54. The van der Waals surface area contributed by atoms with E-state index in [4.69, 9.17) is 18.7 Å². The maximum Gasteiger partial charge on any atom is 0.479 e. The molecule has 0 amide bonds. The summed E-state index contributed by atoms with van der Waals surface area (Å²) in [6, 6.07) is 22.1. The van der Waals surface area contributed by atoms with Gasteiger partial charge in [0.1, 0.15) is 6.10 Å². The summed E-state index contributed by atoms with van der Waals surface area (Å²) in [6.45, 7) is -0.930. The standard InChI is InChI=1S/C29H25IN2O13P2/c30-20-13-7-8-14-22(20)46(37,38)45-47(39,40)41-17-21-24(43-27(34)18-9-3-1-4-10-18)25(44-28(35)19-11-5-2-6-12-19)26(42-21)32-16-15-23(33)31-29(32)36/h1-16,21,24-26H,17H2,(H,37,38)(H,39,40)(H,31,33,36)/t21-,24+,25?,26-/m1/s1. The number of hydrogen-bond acceptors (Lipinski definition) is 11. The molecule has 3 N–H and O–H groups in total. The van der Waals surface area contributed by atoms with Crippen molar-refractivity contribution in [3.8, 4) is 0 Å². The average molecular weight is 798 g/mol. The van der Waals surface area contributed by atoms with Gasteiger partial charge in [-0.2, -0.15) is 0 Å². The van der Waals surface area contributed by atoms with E-state index in [-0.39, 0.29) is 20.0 Å². The predicted octanol–water partition coefficient (Wildman–Crippen LogP) is 3.13. The van der Waals surface area contributed by atoms with Gasteiger partial charge in [-0.25, -0.2) is 23.3 Å². The van der Waals surface area contributed by atoms with Crippen LogP contribution >= 0.6 is 38.0 Å². The quantitative estimate of drug-likeness (QED) is 0.113. The number of aromatic nitrogens is 2. The van der Waals surface area contributed by atoms with Crippen molar-refractivity contribution in [2.75, 3.05) is 6.61 Å². The Kier molecular flexibility index (Phi) is 10.7. The minimum atomic E-state index is -5.33. The van der Waals surface area contributed by atoms with Crippen LogP contribution in [0.5, 0.6) is 0 Å². The van der Waals surface area contributed by atoms with Crippen molar-refractivity contribution >= 4 is 55.3 Å². The second kappa shape index (κ2) is 14.6. The SMILES string of the molecule is O=C(OC1[C@@H](OC(=O)c2ccccc2)[C@@H](COP(=O)(O)OP(=O)(O)c2ccccc2I)O[C@H]1n1ccc(=O)[nH]c1=O)c1ccccc1. The Morgan fingerprint density at radius 1 is 0.830 bits per heavy atom. The van der Waals surface area contributed by atoms with Crippen molar-refractivity contribution in [3.05, 3.63) is 133 Å². The van der Waals surface area contributed by atoms with E-state index in [9.17, 15) is 38.1 Å². The van der Waals surface area contributed by atoms with E-state index in [1.54, 1.807) is 65.1 Å². The maximum atomic E-state index is 13.2. The lowest BCUT2D eigenvalue weighted by molar-refractivity contribution is -0.0596. The number of halogens is 1. The number of phosphoric ester groups is 1. The number of rotatable bonds is 11. The molecule has 1 fully saturated rings. The number of benzene rings is 3. The normalized spacial score (nSPS) is 21.7. The van der Waals surface area contributed by atoms with E-state index in [1.807, 2.05) is 4.98 Å². The van der Waals surface area contributed by atoms with Crippen molar-refractivity contribution in [2.24, 2.45) is 0 Å². The number of carbonyl (C=O) groups excluding carboxylic acids is 2.